The predicted octanol–water partition coefficient (Wildman–Crippen LogP) is 3.10. The van der Waals surface area contributed by atoms with E-state index in [0.717, 1.165) is 30.0 Å². The first-order valence-electron chi connectivity index (χ1n) is 5.81. The van der Waals surface area contributed by atoms with Crippen molar-refractivity contribution in [2.75, 3.05) is 18.1 Å². The summed E-state index contributed by atoms with van der Waals surface area (Å²) in [7, 11) is 0. The molecule has 0 aliphatic rings. The summed E-state index contributed by atoms with van der Waals surface area (Å²) in [5, 5.41) is 3.44. The Morgan fingerprint density at radius 1 is 1.38 bits per heavy atom. The minimum atomic E-state index is -0.143. The van der Waals surface area contributed by atoms with Crippen LogP contribution >= 0.6 is 11.8 Å². The van der Waals surface area contributed by atoms with Crippen molar-refractivity contribution >= 4 is 11.8 Å². The zero-order valence-corrected chi connectivity index (χ0v) is 10.8. The van der Waals surface area contributed by atoms with Crippen LogP contribution in [-0.4, -0.2) is 24.1 Å². The first kappa shape index (κ1) is 13.5. The van der Waals surface area contributed by atoms with Gasteiger partial charge in [0.2, 0.25) is 0 Å². The molecule has 1 aromatic rings. The van der Waals surface area contributed by atoms with Crippen molar-refractivity contribution in [2.45, 2.75) is 26.3 Å². The molecule has 0 spiro atoms. The average molecular weight is 241 g/mol. The van der Waals surface area contributed by atoms with E-state index in [-0.39, 0.29) is 5.82 Å². The summed E-state index contributed by atoms with van der Waals surface area (Å²) in [6.45, 7) is 5.23. The fourth-order valence-corrected chi connectivity index (χ4v) is 2.44. The number of halogens is 1. The summed E-state index contributed by atoms with van der Waals surface area (Å²) in [5.74, 6) is 2.07. The number of benzene rings is 1. The Morgan fingerprint density at radius 3 is 2.81 bits per heavy atom. The molecule has 0 fully saturated rings. The molecule has 1 nitrogen and oxygen atoms in total. The van der Waals surface area contributed by atoms with E-state index in [1.807, 2.05) is 17.8 Å². The van der Waals surface area contributed by atoms with Crippen LogP contribution in [0.4, 0.5) is 4.39 Å². The summed E-state index contributed by atoms with van der Waals surface area (Å²) in [6.07, 6.45) is 0.901. The number of nitrogens with one attached hydrogen (secondary N) is 1. The van der Waals surface area contributed by atoms with Crippen molar-refractivity contribution in [3.8, 4) is 0 Å². The highest BCUT2D eigenvalue weighted by atomic mass is 32.2. The Hall–Kier alpha value is -0.540. The molecule has 0 aliphatic carbocycles. The van der Waals surface area contributed by atoms with Gasteiger partial charge >= 0.3 is 0 Å². The molecular formula is C13H20FNS. The molecule has 1 aromatic carbocycles. The van der Waals surface area contributed by atoms with Gasteiger partial charge in [0.15, 0.2) is 0 Å². The van der Waals surface area contributed by atoms with Crippen LogP contribution in [-0.2, 0) is 6.42 Å². The molecule has 0 saturated heterocycles. The molecule has 0 aliphatic heterocycles. The largest absolute Gasteiger partial charge is 0.313 e. The predicted molar refractivity (Wildman–Crippen MR) is 70.6 cm³/mol. The molecule has 0 heterocycles. The van der Waals surface area contributed by atoms with Crippen LogP contribution in [0.1, 0.15) is 19.4 Å². The number of thioether (sulfide) groups is 1. The van der Waals surface area contributed by atoms with E-state index in [2.05, 4.69) is 19.2 Å². The first-order chi connectivity index (χ1) is 7.76. The van der Waals surface area contributed by atoms with Crippen molar-refractivity contribution in [2.24, 2.45) is 0 Å². The molecule has 0 radical (unpaired) electrons. The normalized spacial score (nSPS) is 12.7. The van der Waals surface area contributed by atoms with E-state index in [1.165, 1.54) is 6.07 Å². The monoisotopic (exact) mass is 241 g/mol. The highest BCUT2D eigenvalue weighted by Gasteiger charge is 2.08. The standard InChI is InChI=1S/C13H20FNS/c1-3-15-13(10-16-4-2)9-11-6-5-7-12(14)8-11/h5-8,13,15H,3-4,9-10H2,1-2H3. The quantitative estimate of drug-likeness (QED) is 0.787. The van der Waals surface area contributed by atoms with Gasteiger partial charge in [-0.15, -0.1) is 0 Å². The van der Waals surface area contributed by atoms with E-state index in [9.17, 15) is 4.39 Å². The van der Waals surface area contributed by atoms with Crippen LogP contribution in [0, 0.1) is 5.82 Å². The molecule has 0 bridgehead atoms. The van der Waals surface area contributed by atoms with Gasteiger partial charge in [-0.1, -0.05) is 26.0 Å². The Morgan fingerprint density at radius 2 is 2.19 bits per heavy atom. The lowest BCUT2D eigenvalue weighted by Gasteiger charge is -2.17. The van der Waals surface area contributed by atoms with Crippen molar-refractivity contribution in [3.05, 3.63) is 35.6 Å². The maximum absolute atomic E-state index is 13.0. The second kappa shape index (κ2) is 7.69. The Bertz CT molecular complexity index is 304. The second-order valence-corrected chi connectivity index (χ2v) is 5.07. The molecule has 3 heteroatoms. The number of hydrogen-bond acceptors (Lipinski definition) is 2. The van der Waals surface area contributed by atoms with Crippen molar-refractivity contribution < 1.29 is 4.39 Å². The van der Waals surface area contributed by atoms with Crippen LogP contribution < -0.4 is 5.32 Å². The number of likely N-dealkylation sites (N-methyl/N-ethyl adjacent to an activating group) is 1. The Labute approximate surface area is 102 Å². The molecule has 1 N–H and O–H groups in total. The molecular weight excluding hydrogens is 221 g/mol. The van der Waals surface area contributed by atoms with Gasteiger partial charge in [0.1, 0.15) is 5.82 Å². The number of rotatable bonds is 7. The lowest BCUT2D eigenvalue weighted by molar-refractivity contribution is 0.568. The zero-order chi connectivity index (χ0) is 11.8. The van der Waals surface area contributed by atoms with Crippen molar-refractivity contribution in [1.82, 2.24) is 5.32 Å². The molecule has 90 valence electrons. The fraction of sp³-hybridized carbons (Fsp3) is 0.538. The fourth-order valence-electron chi connectivity index (χ4n) is 1.69. The summed E-state index contributed by atoms with van der Waals surface area (Å²) in [6, 6.07) is 7.33. The third-order valence-electron chi connectivity index (χ3n) is 2.39. The van der Waals surface area contributed by atoms with Gasteiger partial charge in [-0.3, -0.25) is 0 Å². The summed E-state index contributed by atoms with van der Waals surface area (Å²) >= 11 is 1.92. The minimum absolute atomic E-state index is 0.143. The van der Waals surface area contributed by atoms with Crippen LogP contribution in [0.2, 0.25) is 0 Å². The molecule has 1 rings (SSSR count). The molecule has 1 atom stereocenters. The lowest BCUT2D eigenvalue weighted by Crippen LogP contribution is -2.33. The van der Waals surface area contributed by atoms with Crippen molar-refractivity contribution in [3.63, 3.8) is 0 Å². The molecule has 0 aromatic heterocycles. The van der Waals surface area contributed by atoms with Gasteiger partial charge in [0.25, 0.3) is 0 Å². The lowest BCUT2D eigenvalue weighted by atomic mass is 10.1. The highest BCUT2D eigenvalue weighted by Crippen LogP contribution is 2.10. The van der Waals surface area contributed by atoms with E-state index in [1.54, 1.807) is 12.1 Å². The summed E-state index contributed by atoms with van der Waals surface area (Å²) < 4.78 is 13.0. The van der Waals surface area contributed by atoms with Gasteiger partial charge in [-0.2, -0.15) is 11.8 Å². The van der Waals surface area contributed by atoms with Crippen LogP contribution in [0.25, 0.3) is 0 Å². The van der Waals surface area contributed by atoms with Crippen molar-refractivity contribution in [1.29, 1.82) is 0 Å². The summed E-state index contributed by atoms with van der Waals surface area (Å²) in [4.78, 5) is 0. The molecule has 0 saturated carbocycles. The van der Waals surface area contributed by atoms with Crippen LogP contribution in [0.15, 0.2) is 24.3 Å². The maximum atomic E-state index is 13.0. The van der Waals surface area contributed by atoms with Gasteiger partial charge in [-0.05, 0) is 36.4 Å². The first-order valence-corrected chi connectivity index (χ1v) is 6.97. The smallest absolute Gasteiger partial charge is 0.123 e. The van der Waals surface area contributed by atoms with E-state index in [0.29, 0.717) is 6.04 Å². The SMILES string of the molecule is CCNC(CSCC)Cc1cccc(F)c1. The summed E-state index contributed by atoms with van der Waals surface area (Å²) in [5.41, 5.74) is 1.07. The van der Waals surface area contributed by atoms with E-state index in [4.69, 9.17) is 0 Å². The third kappa shape index (κ3) is 4.99. The number of hydrogen-bond donors (Lipinski definition) is 1. The maximum Gasteiger partial charge on any atom is 0.123 e. The van der Waals surface area contributed by atoms with Gasteiger partial charge in [-0.25, -0.2) is 4.39 Å². The molecule has 0 amide bonds. The molecule has 16 heavy (non-hydrogen) atoms. The third-order valence-corrected chi connectivity index (χ3v) is 3.43. The zero-order valence-electron chi connectivity index (χ0n) is 10.0. The van der Waals surface area contributed by atoms with Gasteiger partial charge < -0.3 is 5.32 Å². The Kier molecular flexibility index (Phi) is 6.50. The van der Waals surface area contributed by atoms with Gasteiger partial charge in [0.05, 0.1) is 0 Å². The molecule has 1 unspecified atom stereocenters. The van der Waals surface area contributed by atoms with Gasteiger partial charge in [0, 0.05) is 11.8 Å². The second-order valence-electron chi connectivity index (χ2n) is 3.75. The average Bonchev–Trinajstić information content (AvgIpc) is 2.26. The van der Waals surface area contributed by atoms with E-state index < -0.39 is 0 Å². The van der Waals surface area contributed by atoms with Crippen LogP contribution in [0.5, 0.6) is 0 Å². The minimum Gasteiger partial charge on any atom is -0.313 e. The van der Waals surface area contributed by atoms with E-state index >= 15 is 0 Å². The Balaban J connectivity index is 2.52. The topological polar surface area (TPSA) is 12.0 Å². The van der Waals surface area contributed by atoms with Crippen LogP contribution in [0.3, 0.4) is 0 Å². The highest BCUT2D eigenvalue weighted by molar-refractivity contribution is 7.99.